The smallest absolute Gasteiger partial charge is 0.321 e. The molecule has 0 saturated carbocycles. The van der Waals surface area contributed by atoms with E-state index < -0.39 is 34.5 Å². The molecule has 24 heavy (non-hydrogen) atoms. The number of aryl methyl sites for hydroxylation is 2. The molecule has 0 aromatic heterocycles. The topological polar surface area (TPSA) is 102 Å². The Morgan fingerprint density at radius 2 is 1.96 bits per heavy atom. The quantitative estimate of drug-likeness (QED) is 0.531. The Bertz CT molecular complexity index is 728. The molecule has 132 valence electrons. The predicted octanol–water partition coefficient (Wildman–Crippen LogP) is 0.816. The van der Waals surface area contributed by atoms with E-state index in [0.717, 1.165) is 11.1 Å². The largest absolute Gasteiger partial charge is 0.452 e. The normalized spacial score (nSPS) is 12.3. The number of hydrogen-bond acceptors (Lipinski definition) is 5. The van der Waals surface area contributed by atoms with Gasteiger partial charge in [0.05, 0.1) is 4.90 Å². The summed E-state index contributed by atoms with van der Waals surface area (Å²) in [5, 5.41) is 2.47. The Kier molecular flexibility index (Phi) is 7.12. The molecule has 8 heteroatoms. The Labute approximate surface area is 142 Å². The van der Waals surface area contributed by atoms with Crippen molar-refractivity contribution >= 4 is 21.9 Å². The molecule has 7 nitrogen and oxygen atoms in total. The van der Waals surface area contributed by atoms with Gasteiger partial charge in [0, 0.05) is 6.54 Å². The number of nitrogens with one attached hydrogen (secondary N) is 2. The molecule has 0 aliphatic rings. The molecular weight excluding hydrogens is 332 g/mol. The van der Waals surface area contributed by atoms with E-state index in [1.54, 1.807) is 13.0 Å². The van der Waals surface area contributed by atoms with Gasteiger partial charge < -0.3 is 10.1 Å². The Morgan fingerprint density at radius 3 is 2.54 bits per heavy atom. The van der Waals surface area contributed by atoms with Crippen molar-refractivity contribution < 1.29 is 22.7 Å². The number of esters is 1. The molecule has 0 unspecified atom stereocenters. The molecule has 1 aromatic rings. The number of carbonyl (C=O) groups excluding carboxylic acids is 2. The number of amides is 1. The van der Waals surface area contributed by atoms with Crippen LogP contribution in [-0.2, 0) is 24.3 Å². The van der Waals surface area contributed by atoms with Crippen molar-refractivity contribution in [3.63, 3.8) is 0 Å². The van der Waals surface area contributed by atoms with Crippen molar-refractivity contribution in [2.24, 2.45) is 0 Å². The van der Waals surface area contributed by atoms with Crippen molar-refractivity contribution in [3.8, 4) is 0 Å². The van der Waals surface area contributed by atoms with Gasteiger partial charge in [-0.2, -0.15) is 4.72 Å². The maximum absolute atomic E-state index is 12.2. The van der Waals surface area contributed by atoms with Gasteiger partial charge in [0.25, 0.3) is 5.91 Å². The highest BCUT2D eigenvalue weighted by molar-refractivity contribution is 7.89. The number of benzene rings is 1. The molecule has 0 spiro atoms. The highest BCUT2D eigenvalue weighted by Gasteiger charge is 2.20. The van der Waals surface area contributed by atoms with Gasteiger partial charge in [-0.15, -0.1) is 6.58 Å². The summed E-state index contributed by atoms with van der Waals surface area (Å²) in [7, 11) is -3.83. The van der Waals surface area contributed by atoms with Crippen LogP contribution in [0.3, 0.4) is 0 Å². The van der Waals surface area contributed by atoms with E-state index in [1.165, 1.54) is 25.1 Å². The third-order valence-electron chi connectivity index (χ3n) is 3.29. The zero-order valence-electron chi connectivity index (χ0n) is 14.0. The molecule has 0 bridgehead atoms. The summed E-state index contributed by atoms with van der Waals surface area (Å²) in [6.45, 7) is 8.20. The van der Waals surface area contributed by atoms with Gasteiger partial charge in [-0.05, 0) is 44.0 Å². The average molecular weight is 354 g/mol. The maximum Gasteiger partial charge on any atom is 0.321 e. The lowest BCUT2D eigenvalue weighted by molar-refractivity contribution is -0.153. The van der Waals surface area contributed by atoms with Crippen molar-refractivity contribution in [1.29, 1.82) is 0 Å². The Hall–Kier alpha value is -2.19. The molecule has 1 aromatic carbocycles. The summed E-state index contributed by atoms with van der Waals surface area (Å²) in [6.07, 6.45) is 0.466. The summed E-state index contributed by atoms with van der Waals surface area (Å²) < 4.78 is 31.3. The van der Waals surface area contributed by atoms with Crippen LogP contribution in [0.2, 0.25) is 0 Å². The third kappa shape index (κ3) is 5.78. The lowest BCUT2D eigenvalue weighted by Gasteiger charge is -2.13. The first kappa shape index (κ1) is 19.9. The Morgan fingerprint density at radius 1 is 1.29 bits per heavy atom. The van der Waals surface area contributed by atoms with Crippen molar-refractivity contribution in [2.45, 2.75) is 31.8 Å². The van der Waals surface area contributed by atoms with Crippen LogP contribution in [0.15, 0.2) is 35.7 Å². The van der Waals surface area contributed by atoms with Crippen LogP contribution in [0.4, 0.5) is 0 Å². The van der Waals surface area contributed by atoms with E-state index in [9.17, 15) is 18.0 Å². The van der Waals surface area contributed by atoms with Gasteiger partial charge >= 0.3 is 5.97 Å². The number of sulfonamides is 1. The van der Waals surface area contributed by atoms with Gasteiger partial charge in [0.1, 0.15) is 6.54 Å². The van der Waals surface area contributed by atoms with E-state index >= 15 is 0 Å². The molecule has 0 saturated heterocycles. The summed E-state index contributed by atoms with van der Waals surface area (Å²) in [5.74, 6) is -1.33. The molecular formula is C16H22N2O5S. The number of ether oxygens (including phenoxy) is 1. The van der Waals surface area contributed by atoms with Crippen LogP contribution in [0.5, 0.6) is 0 Å². The minimum absolute atomic E-state index is 0.0650. The number of rotatable bonds is 8. The molecule has 0 aliphatic heterocycles. The maximum atomic E-state index is 12.2. The minimum Gasteiger partial charge on any atom is -0.452 e. The molecule has 0 fully saturated rings. The van der Waals surface area contributed by atoms with Crippen LogP contribution < -0.4 is 10.0 Å². The molecule has 1 amide bonds. The van der Waals surface area contributed by atoms with Crippen LogP contribution in [0.1, 0.15) is 18.1 Å². The average Bonchev–Trinajstić information content (AvgIpc) is 2.53. The first-order valence-corrected chi connectivity index (χ1v) is 8.80. The van der Waals surface area contributed by atoms with Gasteiger partial charge in [-0.3, -0.25) is 9.59 Å². The fraction of sp³-hybridized carbons (Fsp3) is 0.375. The third-order valence-corrected chi connectivity index (χ3v) is 4.69. The minimum atomic E-state index is -3.83. The second-order valence-corrected chi connectivity index (χ2v) is 7.00. The highest BCUT2D eigenvalue weighted by atomic mass is 32.2. The van der Waals surface area contributed by atoms with Crippen LogP contribution >= 0.6 is 0 Å². The standard InChI is InChI=1S/C16H22N2O5S/c1-5-8-17-16(20)13(4)23-15(19)10-18-24(21,22)14-7-6-11(2)12(3)9-14/h5-7,9,13,18H,1,8,10H2,2-4H3,(H,17,20)/t13-/m1/s1. The first-order valence-electron chi connectivity index (χ1n) is 7.32. The van der Waals surface area contributed by atoms with Crippen molar-refractivity contribution in [1.82, 2.24) is 10.0 Å². The van der Waals surface area contributed by atoms with E-state index in [0.29, 0.717) is 0 Å². The highest BCUT2D eigenvalue weighted by Crippen LogP contribution is 2.14. The van der Waals surface area contributed by atoms with E-state index in [4.69, 9.17) is 4.74 Å². The molecule has 1 atom stereocenters. The van der Waals surface area contributed by atoms with E-state index in [2.05, 4.69) is 16.6 Å². The molecule has 0 heterocycles. The zero-order chi connectivity index (χ0) is 18.3. The fourth-order valence-electron chi connectivity index (χ4n) is 1.73. The number of carbonyl (C=O) groups is 2. The summed E-state index contributed by atoms with van der Waals surface area (Å²) >= 11 is 0. The molecule has 1 rings (SSSR count). The van der Waals surface area contributed by atoms with Crippen LogP contribution in [0.25, 0.3) is 0 Å². The predicted molar refractivity (Wildman–Crippen MR) is 89.9 cm³/mol. The van der Waals surface area contributed by atoms with Crippen molar-refractivity contribution in [2.75, 3.05) is 13.1 Å². The lowest BCUT2D eigenvalue weighted by atomic mass is 10.1. The SMILES string of the molecule is C=CCNC(=O)[C@@H](C)OC(=O)CNS(=O)(=O)c1ccc(C)c(C)c1. The molecule has 2 N–H and O–H groups in total. The monoisotopic (exact) mass is 354 g/mol. The molecule has 0 aliphatic carbocycles. The van der Waals surface area contributed by atoms with Gasteiger partial charge in [0.15, 0.2) is 6.10 Å². The molecule has 0 radical (unpaired) electrons. The van der Waals surface area contributed by atoms with Gasteiger partial charge in [-0.1, -0.05) is 12.1 Å². The van der Waals surface area contributed by atoms with Crippen LogP contribution in [-0.4, -0.2) is 39.5 Å². The Balaban J connectivity index is 2.60. The van der Waals surface area contributed by atoms with Gasteiger partial charge in [0.2, 0.25) is 10.0 Å². The zero-order valence-corrected chi connectivity index (χ0v) is 14.8. The number of hydrogen-bond donors (Lipinski definition) is 2. The van der Waals surface area contributed by atoms with E-state index in [-0.39, 0.29) is 11.4 Å². The lowest BCUT2D eigenvalue weighted by Crippen LogP contribution is -2.38. The second-order valence-electron chi connectivity index (χ2n) is 5.24. The summed E-state index contributed by atoms with van der Waals surface area (Å²) in [4.78, 5) is 23.3. The second kappa shape index (κ2) is 8.60. The summed E-state index contributed by atoms with van der Waals surface area (Å²) in [6, 6.07) is 4.67. The van der Waals surface area contributed by atoms with Crippen molar-refractivity contribution in [3.05, 3.63) is 42.0 Å². The first-order chi connectivity index (χ1) is 11.2. The van der Waals surface area contributed by atoms with E-state index in [1.807, 2.05) is 6.92 Å². The fourth-order valence-corrected chi connectivity index (χ4v) is 2.78. The van der Waals surface area contributed by atoms with Crippen LogP contribution in [0, 0.1) is 13.8 Å². The summed E-state index contributed by atoms with van der Waals surface area (Å²) in [5.41, 5.74) is 1.79. The van der Waals surface area contributed by atoms with Gasteiger partial charge in [-0.25, -0.2) is 8.42 Å².